The minimum absolute atomic E-state index is 0.360. The van der Waals surface area contributed by atoms with Crippen LogP contribution in [0.4, 0.5) is 0 Å². The molecule has 0 bridgehead atoms. The van der Waals surface area contributed by atoms with Crippen molar-refractivity contribution in [3.8, 4) is 5.82 Å². The van der Waals surface area contributed by atoms with Gasteiger partial charge in [-0.1, -0.05) is 0 Å². The lowest BCUT2D eigenvalue weighted by atomic mass is 10.4. The van der Waals surface area contributed by atoms with Crippen LogP contribution in [0.25, 0.3) is 16.9 Å². The van der Waals surface area contributed by atoms with Gasteiger partial charge in [0, 0.05) is 31.1 Å². The van der Waals surface area contributed by atoms with Crippen LogP contribution in [0.5, 0.6) is 0 Å². The van der Waals surface area contributed by atoms with E-state index >= 15 is 0 Å². The first kappa shape index (κ1) is 12.8. The fraction of sp³-hybridized carbons (Fsp3) is 0.167. The average Bonchev–Trinajstić information content (AvgIpc) is 2.75. The fourth-order valence-corrected chi connectivity index (χ4v) is 2.54. The van der Waals surface area contributed by atoms with E-state index in [2.05, 4.69) is 31.1 Å². The van der Waals surface area contributed by atoms with Gasteiger partial charge in [0.2, 0.25) is 0 Å². The lowest BCUT2D eigenvalue weighted by molar-refractivity contribution is 0.790. The molecule has 3 aromatic rings. The summed E-state index contributed by atoms with van der Waals surface area (Å²) in [6.07, 6.45) is 3.30. The molecule has 0 spiro atoms. The molecular formula is C12H10BrN5O2. The van der Waals surface area contributed by atoms with E-state index in [1.54, 1.807) is 6.07 Å². The minimum atomic E-state index is -0.542. The van der Waals surface area contributed by atoms with Crippen LogP contribution in [0.1, 0.15) is 6.92 Å². The number of rotatable bonds is 2. The van der Waals surface area contributed by atoms with Gasteiger partial charge in [-0.3, -0.25) is 14.3 Å². The molecule has 1 N–H and O–H groups in total. The van der Waals surface area contributed by atoms with Crippen molar-refractivity contribution in [3.63, 3.8) is 0 Å². The monoisotopic (exact) mass is 335 g/mol. The number of nitrogens with one attached hydrogen (secondary N) is 1. The molecule has 0 amide bonds. The SMILES string of the molecule is CCn1cc(Br)c2nnc(-n3ccc(=O)[nH]c3=O)cc21. The Bertz CT molecular complexity index is 908. The van der Waals surface area contributed by atoms with Crippen LogP contribution in [-0.4, -0.2) is 24.3 Å². The number of halogens is 1. The molecule has 3 rings (SSSR count). The molecule has 0 aliphatic heterocycles. The molecule has 7 nitrogen and oxygen atoms in total. The Kier molecular flexibility index (Phi) is 3.01. The van der Waals surface area contributed by atoms with Crippen molar-refractivity contribution in [2.24, 2.45) is 0 Å². The standard InChI is InChI=1S/C12H10BrN5O2/c1-2-17-6-7(13)11-8(17)5-9(15-16-11)18-4-3-10(19)14-12(18)20/h3-6H,2H2,1H3,(H,14,19,20). The Morgan fingerprint density at radius 1 is 1.35 bits per heavy atom. The van der Waals surface area contributed by atoms with Crippen molar-refractivity contribution in [1.82, 2.24) is 24.3 Å². The largest absolute Gasteiger partial charge is 0.345 e. The molecule has 20 heavy (non-hydrogen) atoms. The van der Waals surface area contributed by atoms with E-state index < -0.39 is 11.2 Å². The number of H-pyrrole nitrogens is 1. The van der Waals surface area contributed by atoms with E-state index in [-0.39, 0.29) is 0 Å². The molecule has 0 unspecified atom stereocenters. The highest BCUT2D eigenvalue weighted by Crippen LogP contribution is 2.24. The Morgan fingerprint density at radius 3 is 2.85 bits per heavy atom. The van der Waals surface area contributed by atoms with Crippen molar-refractivity contribution in [3.05, 3.63) is 49.8 Å². The highest BCUT2D eigenvalue weighted by atomic mass is 79.9. The van der Waals surface area contributed by atoms with Gasteiger partial charge in [-0.15, -0.1) is 10.2 Å². The van der Waals surface area contributed by atoms with E-state index in [0.717, 1.165) is 22.1 Å². The van der Waals surface area contributed by atoms with Crippen LogP contribution in [0.3, 0.4) is 0 Å². The van der Waals surface area contributed by atoms with Crippen molar-refractivity contribution in [2.75, 3.05) is 0 Å². The molecule has 0 aliphatic rings. The van der Waals surface area contributed by atoms with Gasteiger partial charge >= 0.3 is 5.69 Å². The number of hydrogen-bond donors (Lipinski definition) is 1. The molecule has 3 aromatic heterocycles. The summed E-state index contributed by atoms with van der Waals surface area (Å²) in [5, 5.41) is 8.14. The third kappa shape index (κ3) is 1.97. The van der Waals surface area contributed by atoms with Crippen molar-refractivity contribution in [2.45, 2.75) is 13.5 Å². The Hall–Kier alpha value is -2.22. The first-order valence-corrected chi connectivity index (χ1v) is 6.74. The predicted molar refractivity (Wildman–Crippen MR) is 77.1 cm³/mol. The van der Waals surface area contributed by atoms with Crippen LogP contribution < -0.4 is 11.2 Å². The smallest absolute Gasteiger partial charge is 0.334 e. The zero-order valence-electron chi connectivity index (χ0n) is 10.5. The summed E-state index contributed by atoms with van der Waals surface area (Å²) in [4.78, 5) is 25.0. The second-order valence-electron chi connectivity index (χ2n) is 4.18. The first-order chi connectivity index (χ1) is 9.60. The number of hydrogen-bond acceptors (Lipinski definition) is 4. The van der Waals surface area contributed by atoms with Gasteiger partial charge < -0.3 is 4.57 Å². The molecule has 102 valence electrons. The first-order valence-electron chi connectivity index (χ1n) is 5.94. The van der Waals surface area contributed by atoms with E-state index in [0.29, 0.717) is 5.82 Å². The zero-order valence-corrected chi connectivity index (χ0v) is 12.1. The van der Waals surface area contributed by atoms with Crippen molar-refractivity contribution in [1.29, 1.82) is 0 Å². The Balaban J connectivity index is 2.27. The summed E-state index contributed by atoms with van der Waals surface area (Å²) in [5.41, 5.74) is 0.607. The lowest BCUT2D eigenvalue weighted by Gasteiger charge is -2.04. The highest BCUT2D eigenvalue weighted by Gasteiger charge is 2.10. The van der Waals surface area contributed by atoms with E-state index in [9.17, 15) is 9.59 Å². The maximum atomic E-state index is 11.8. The number of fused-ring (bicyclic) bond motifs is 1. The summed E-state index contributed by atoms with van der Waals surface area (Å²) in [7, 11) is 0. The topological polar surface area (TPSA) is 85.6 Å². The summed E-state index contributed by atoms with van der Waals surface area (Å²) in [6, 6.07) is 3.03. The summed E-state index contributed by atoms with van der Waals surface area (Å²) < 4.78 is 4.09. The van der Waals surface area contributed by atoms with Crippen LogP contribution in [0, 0.1) is 0 Å². The van der Waals surface area contributed by atoms with Gasteiger partial charge in [0.15, 0.2) is 5.82 Å². The Morgan fingerprint density at radius 2 is 2.15 bits per heavy atom. The van der Waals surface area contributed by atoms with Gasteiger partial charge in [0.25, 0.3) is 5.56 Å². The number of aromatic nitrogens is 5. The predicted octanol–water partition coefficient (Wildman–Crippen LogP) is 1.05. The second kappa shape index (κ2) is 4.71. The van der Waals surface area contributed by atoms with E-state index in [4.69, 9.17) is 0 Å². The zero-order chi connectivity index (χ0) is 14.3. The van der Waals surface area contributed by atoms with E-state index in [1.807, 2.05) is 17.7 Å². The summed E-state index contributed by atoms with van der Waals surface area (Å²) in [5.74, 6) is 0.360. The normalized spacial score (nSPS) is 11.1. The maximum absolute atomic E-state index is 11.8. The second-order valence-corrected chi connectivity index (χ2v) is 5.03. The molecule has 0 aliphatic carbocycles. The lowest BCUT2D eigenvalue weighted by Crippen LogP contribution is -2.28. The van der Waals surface area contributed by atoms with Crippen molar-refractivity contribution >= 4 is 27.0 Å². The molecule has 0 atom stereocenters. The van der Waals surface area contributed by atoms with Crippen LogP contribution in [0.15, 0.2) is 38.6 Å². The minimum Gasteiger partial charge on any atom is -0.345 e. The molecule has 0 aromatic carbocycles. The Labute approximate surface area is 121 Å². The third-order valence-electron chi connectivity index (χ3n) is 2.98. The van der Waals surface area contributed by atoms with Crippen LogP contribution in [0.2, 0.25) is 0 Å². The van der Waals surface area contributed by atoms with Gasteiger partial charge in [-0.05, 0) is 22.9 Å². The van der Waals surface area contributed by atoms with Gasteiger partial charge in [-0.2, -0.15) is 0 Å². The number of nitrogens with zero attached hydrogens (tertiary/aromatic N) is 4. The quantitative estimate of drug-likeness (QED) is 0.758. The number of aryl methyl sites for hydroxylation is 1. The maximum Gasteiger partial charge on any atom is 0.334 e. The van der Waals surface area contributed by atoms with Gasteiger partial charge in [0.05, 0.1) is 9.99 Å². The third-order valence-corrected chi connectivity index (χ3v) is 3.56. The summed E-state index contributed by atoms with van der Waals surface area (Å²) in [6.45, 7) is 2.78. The molecule has 0 saturated carbocycles. The van der Waals surface area contributed by atoms with Crippen molar-refractivity contribution < 1.29 is 0 Å². The highest BCUT2D eigenvalue weighted by molar-refractivity contribution is 9.10. The molecule has 0 saturated heterocycles. The van der Waals surface area contributed by atoms with Gasteiger partial charge in [0.1, 0.15) is 5.52 Å². The summed E-state index contributed by atoms with van der Waals surface area (Å²) >= 11 is 3.42. The molecule has 0 radical (unpaired) electrons. The molecule has 8 heteroatoms. The van der Waals surface area contributed by atoms with Crippen LogP contribution >= 0.6 is 15.9 Å². The van der Waals surface area contributed by atoms with E-state index in [1.165, 1.54) is 16.8 Å². The van der Waals surface area contributed by atoms with Crippen LogP contribution in [-0.2, 0) is 6.54 Å². The average molecular weight is 336 g/mol. The fourth-order valence-electron chi connectivity index (χ4n) is 2.01. The van der Waals surface area contributed by atoms with Gasteiger partial charge in [-0.25, -0.2) is 4.79 Å². The molecule has 3 heterocycles. The molecule has 0 fully saturated rings. The molecular weight excluding hydrogens is 326 g/mol. The number of aromatic amines is 1.